The maximum absolute atomic E-state index is 6.86. The zero-order valence-electron chi connectivity index (χ0n) is 37.3. The summed E-state index contributed by atoms with van der Waals surface area (Å²) >= 11 is 0. The number of aromatic nitrogens is 2. The molecule has 5 heteroatoms. The molecule has 2 aromatic heterocycles. The highest BCUT2D eigenvalue weighted by atomic mass is 16.5. The summed E-state index contributed by atoms with van der Waals surface area (Å²) in [6.07, 6.45) is 2.01. The summed E-state index contributed by atoms with van der Waals surface area (Å²) in [4.78, 5) is 9.99. The molecule has 0 saturated carbocycles. The van der Waals surface area contributed by atoms with Crippen LogP contribution in [0.5, 0.6) is 11.5 Å². The number of benzene rings is 9. The number of hydrogen-bond donors (Lipinski definition) is 0. The van der Waals surface area contributed by atoms with Gasteiger partial charge in [0.1, 0.15) is 24.0 Å². The summed E-state index contributed by atoms with van der Waals surface area (Å²) in [5.74, 6) is 2.37. The molecular formula is C62H46N4O. The Balaban J connectivity index is 0.928. The monoisotopic (exact) mass is 862 g/mol. The van der Waals surface area contributed by atoms with E-state index in [9.17, 15) is 0 Å². The quantitative estimate of drug-likeness (QED) is 0.145. The molecule has 1 aliphatic rings. The highest BCUT2D eigenvalue weighted by Gasteiger charge is 2.31. The van der Waals surface area contributed by atoms with Crippen LogP contribution in [0.4, 0.5) is 22.7 Å². The molecule has 12 rings (SSSR count). The smallest absolute Gasteiger partial charge is 0.137 e. The van der Waals surface area contributed by atoms with Crippen molar-refractivity contribution in [2.75, 3.05) is 16.5 Å². The first-order valence-corrected chi connectivity index (χ1v) is 22.9. The van der Waals surface area contributed by atoms with E-state index in [4.69, 9.17) is 9.72 Å². The Morgan fingerprint density at radius 3 is 1.70 bits per heavy atom. The standard InChI is InChI=1S/C62H46N4O/c1-42-28-30-47(31-29-42)56-40-63-61(36-43(56)2)66-57-35-32-48(44-16-6-3-7-17-44)37-55(57)54-34-33-51(39-60(54)66)67-50-23-14-22-49(38-50)64-41-65(59-27-13-12-26-58(59)64)62-52(45-18-8-4-9-19-45)24-15-25-53(62)46-20-10-5-11-21-46/h3-40H,41H2,1-2H3. The number of nitrogens with zero attached hydrogens (tertiary/aromatic N) is 4. The zero-order chi connectivity index (χ0) is 44.8. The number of ether oxygens (including phenoxy) is 1. The molecule has 67 heavy (non-hydrogen) atoms. The first kappa shape index (κ1) is 39.9. The molecule has 0 aliphatic carbocycles. The summed E-state index contributed by atoms with van der Waals surface area (Å²) < 4.78 is 9.14. The maximum Gasteiger partial charge on any atom is 0.137 e. The van der Waals surface area contributed by atoms with E-state index in [2.05, 4.69) is 247 Å². The molecule has 0 saturated heterocycles. The Labute approximate surface area is 391 Å². The third kappa shape index (κ3) is 7.27. The summed E-state index contributed by atoms with van der Waals surface area (Å²) in [6.45, 7) is 4.91. The molecule has 0 radical (unpaired) electrons. The van der Waals surface area contributed by atoms with E-state index in [1.807, 2.05) is 12.3 Å². The van der Waals surface area contributed by atoms with Crippen LogP contribution in [0.3, 0.4) is 0 Å². The van der Waals surface area contributed by atoms with Crippen LogP contribution in [0, 0.1) is 13.8 Å². The van der Waals surface area contributed by atoms with Crippen LogP contribution in [0.25, 0.3) is 72.1 Å². The lowest BCUT2D eigenvalue weighted by molar-refractivity contribution is 0.483. The largest absolute Gasteiger partial charge is 0.457 e. The van der Waals surface area contributed by atoms with Gasteiger partial charge in [0.2, 0.25) is 0 Å². The number of aryl methyl sites for hydroxylation is 2. The average Bonchev–Trinajstić information content (AvgIpc) is 3.93. The number of para-hydroxylation sites is 3. The van der Waals surface area contributed by atoms with Crippen molar-refractivity contribution in [1.82, 2.24) is 9.55 Å². The second-order valence-electron chi connectivity index (χ2n) is 17.4. The van der Waals surface area contributed by atoms with Gasteiger partial charge < -0.3 is 14.5 Å². The molecule has 0 bridgehead atoms. The molecule has 1 aliphatic heterocycles. The number of rotatable bonds is 9. The molecular weight excluding hydrogens is 817 g/mol. The van der Waals surface area contributed by atoms with Crippen molar-refractivity contribution >= 4 is 44.6 Å². The van der Waals surface area contributed by atoms with Crippen molar-refractivity contribution in [3.63, 3.8) is 0 Å². The van der Waals surface area contributed by atoms with Crippen molar-refractivity contribution in [1.29, 1.82) is 0 Å². The second-order valence-corrected chi connectivity index (χ2v) is 17.4. The molecule has 320 valence electrons. The predicted molar refractivity (Wildman–Crippen MR) is 278 cm³/mol. The van der Waals surface area contributed by atoms with Gasteiger partial charge in [-0.25, -0.2) is 4.98 Å². The minimum Gasteiger partial charge on any atom is -0.457 e. The van der Waals surface area contributed by atoms with Crippen molar-refractivity contribution in [2.24, 2.45) is 0 Å². The van der Waals surface area contributed by atoms with E-state index in [-0.39, 0.29) is 0 Å². The minimum absolute atomic E-state index is 0.624. The van der Waals surface area contributed by atoms with Crippen LogP contribution >= 0.6 is 0 Å². The fraction of sp³-hybridized carbons (Fsp3) is 0.0484. The van der Waals surface area contributed by atoms with Gasteiger partial charge in [0.25, 0.3) is 0 Å². The Morgan fingerprint density at radius 2 is 1.01 bits per heavy atom. The van der Waals surface area contributed by atoms with Gasteiger partial charge in [-0.15, -0.1) is 0 Å². The number of fused-ring (bicyclic) bond motifs is 4. The summed E-state index contributed by atoms with van der Waals surface area (Å²) in [5, 5.41) is 2.30. The normalized spacial score (nSPS) is 12.2. The van der Waals surface area contributed by atoms with Crippen LogP contribution in [-0.2, 0) is 0 Å². The summed E-state index contributed by atoms with van der Waals surface area (Å²) in [5.41, 5.74) is 18.4. The maximum atomic E-state index is 6.86. The Kier molecular flexibility index (Phi) is 9.95. The molecule has 3 heterocycles. The zero-order valence-corrected chi connectivity index (χ0v) is 37.3. The van der Waals surface area contributed by atoms with Gasteiger partial charge in [-0.3, -0.25) is 4.57 Å². The number of hydrogen-bond acceptors (Lipinski definition) is 4. The van der Waals surface area contributed by atoms with Crippen LogP contribution < -0.4 is 14.5 Å². The fourth-order valence-electron chi connectivity index (χ4n) is 9.83. The van der Waals surface area contributed by atoms with E-state index < -0.39 is 0 Å². The van der Waals surface area contributed by atoms with Gasteiger partial charge in [-0.2, -0.15) is 0 Å². The van der Waals surface area contributed by atoms with Gasteiger partial charge >= 0.3 is 0 Å². The third-order valence-corrected chi connectivity index (χ3v) is 13.1. The van der Waals surface area contributed by atoms with Gasteiger partial charge in [-0.05, 0) is 102 Å². The summed E-state index contributed by atoms with van der Waals surface area (Å²) in [6, 6.07) is 79.9. The Morgan fingerprint density at radius 1 is 0.418 bits per heavy atom. The molecule has 0 spiro atoms. The van der Waals surface area contributed by atoms with E-state index in [1.165, 1.54) is 44.6 Å². The van der Waals surface area contributed by atoms with E-state index in [0.717, 1.165) is 72.9 Å². The number of anilines is 4. The Bertz CT molecular complexity index is 3540. The minimum atomic E-state index is 0.624. The molecule has 0 amide bonds. The van der Waals surface area contributed by atoms with Gasteiger partial charge in [0, 0.05) is 51.5 Å². The van der Waals surface area contributed by atoms with Gasteiger partial charge in [0.15, 0.2) is 0 Å². The van der Waals surface area contributed by atoms with E-state index >= 15 is 0 Å². The van der Waals surface area contributed by atoms with Crippen molar-refractivity contribution in [2.45, 2.75) is 13.8 Å². The molecule has 0 fully saturated rings. The fourth-order valence-corrected chi connectivity index (χ4v) is 9.83. The first-order valence-electron chi connectivity index (χ1n) is 22.9. The van der Waals surface area contributed by atoms with Crippen molar-refractivity contribution < 1.29 is 4.74 Å². The third-order valence-electron chi connectivity index (χ3n) is 13.1. The topological polar surface area (TPSA) is 33.5 Å². The SMILES string of the molecule is Cc1ccc(-c2cnc(-n3c4ccc(-c5ccccc5)cc4c4ccc(Oc5cccc(N6CN(c7c(-c8ccccc8)cccc7-c7ccccc7)c7ccccc76)c5)cc43)cc2C)cc1. The van der Waals surface area contributed by atoms with E-state index in [0.29, 0.717) is 6.67 Å². The average molecular weight is 863 g/mol. The highest BCUT2D eigenvalue weighted by Crippen LogP contribution is 2.50. The van der Waals surface area contributed by atoms with Crippen molar-refractivity contribution in [3.05, 3.63) is 242 Å². The lowest BCUT2D eigenvalue weighted by Gasteiger charge is -2.27. The lowest BCUT2D eigenvalue weighted by Crippen LogP contribution is -2.24. The van der Waals surface area contributed by atoms with E-state index in [1.54, 1.807) is 0 Å². The van der Waals surface area contributed by atoms with Crippen LogP contribution in [0.2, 0.25) is 0 Å². The lowest BCUT2D eigenvalue weighted by atomic mass is 9.95. The molecule has 9 aromatic carbocycles. The first-order chi connectivity index (χ1) is 33.0. The van der Waals surface area contributed by atoms with Gasteiger partial charge in [0.05, 0.1) is 28.1 Å². The molecule has 0 N–H and O–H groups in total. The van der Waals surface area contributed by atoms with Crippen LogP contribution in [-0.4, -0.2) is 16.2 Å². The van der Waals surface area contributed by atoms with Crippen LogP contribution in [0.1, 0.15) is 11.1 Å². The van der Waals surface area contributed by atoms with Crippen molar-refractivity contribution in [3.8, 4) is 61.8 Å². The molecule has 11 aromatic rings. The predicted octanol–water partition coefficient (Wildman–Crippen LogP) is 16.5. The Hall–Kier alpha value is -8.67. The van der Waals surface area contributed by atoms with Crippen LogP contribution in [0.15, 0.2) is 231 Å². The molecule has 0 unspecified atom stereocenters. The second kappa shape index (κ2) is 16.7. The molecule has 5 nitrogen and oxygen atoms in total. The van der Waals surface area contributed by atoms with Gasteiger partial charge in [-0.1, -0.05) is 163 Å². The highest BCUT2D eigenvalue weighted by molar-refractivity contribution is 6.11. The summed E-state index contributed by atoms with van der Waals surface area (Å²) in [7, 11) is 0. The molecule has 0 atom stereocenters. The number of pyridine rings is 1.